The lowest BCUT2D eigenvalue weighted by atomic mass is 10.1. The van der Waals surface area contributed by atoms with Crippen LogP contribution >= 0.6 is 22.9 Å². The summed E-state index contributed by atoms with van der Waals surface area (Å²) in [5.74, 6) is -0.155. The Kier molecular flexibility index (Phi) is 4.82. The lowest BCUT2D eigenvalue weighted by Crippen LogP contribution is -2.06. The van der Waals surface area contributed by atoms with Crippen LogP contribution in [0.5, 0.6) is 0 Å². The number of nitrogens with one attached hydrogen (secondary N) is 1. The number of aryl methyl sites for hydroxylation is 1. The van der Waals surface area contributed by atoms with Gasteiger partial charge in [0.15, 0.2) is 5.13 Å². The fraction of sp³-hybridized carbons (Fsp3) is 0.188. The Morgan fingerprint density at radius 3 is 2.83 bits per heavy atom. The smallest absolute Gasteiger partial charge is 0.344 e. The normalized spacial score (nSPS) is 10.6. The van der Waals surface area contributed by atoms with Gasteiger partial charge in [0, 0.05) is 16.1 Å². The third kappa shape index (κ3) is 3.42. The number of esters is 1. The third-order valence-electron chi connectivity index (χ3n) is 3.17. The molecule has 0 unspecified atom stereocenters. The van der Waals surface area contributed by atoms with Gasteiger partial charge in [0.25, 0.3) is 0 Å². The van der Waals surface area contributed by atoms with Crippen molar-refractivity contribution in [1.29, 1.82) is 0 Å². The second kappa shape index (κ2) is 7.02. The molecule has 0 aliphatic heterocycles. The molecular weight excluding hydrogens is 350 g/mol. The fourth-order valence-electron chi connectivity index (χ4n) is 2.08. The van der Waals surface area contributed by atoms with Crippen LogP contribution < -0.4 is 5.32 Å². The van der Waals surface area contributed by atoms with Crippen LogP contribution in [-0.4, -0.2) is 22.7 Å². The molecule has 3 aromatic rings. The molecule has 6 nitrogen and oxygen atoms in total. The Bertz CT molecular complexity index is 858. The summed E-state index contributed by atoms with van der Waals surface area (Å²) in [6, 6.07) is 7.28. The van der Waals surface area contributed by atoms with Crippen molar-refractivity contribution in [3.8, 4) is 11.5 Å². The molecule has 0 aliphatic carbocycles. The Morgan fingerprint density at radius 1 is 1.38 bits per heavy atom. The van der Waals surface area contributed by atoms with Gasteiger partial charge in [-0.3, -0.25) is 0 Å². The molecule has 0 atom stereocenters. The monoisotopic (exact) mass is 363 g/mol. The quantitative estimate of drug-likeness (QED) is 0.663. The first kappa shape index (κ1) is 16.5. The first-order valence-electron chi connectivity index (χ1n) is 7.20. The van der Waals surface area contributed by atoms with Crippen LogP contribution in [-0.2, 0) is 4.74 Å². The van der Waals surface area contributed by atoms with Crippen molar-refractivity contribution in [2.45, 2.75) is 13.8 Å². The van der Waals surface area contributed by atoms with E-state index in [1.807, 2.05) is 12.1 Å². The van der Waals surface area contributed by atoms with Crippen molar-refractivity contribution >= 4 is 39.7 Å². The molecule has 3 rings (SSSR count). The van der Waals surface area contributed by atoms with Gasteiger partial charge in [-0.05, 0) is 38.1 Å². The standard InChI is InChI=1S/C16H14ClN3O3S/c1-3-22-15(21)13-9(2)20-23-14(13)12-8-24-16(19-12)18-11-6-4-10(17)5-7-11/h4-8H,3H2,1-2H3,(H,18,19). The number of rotatable bonds is 5. The van der Waals surface area contributed by atoms with E-state index in [0.717, 1.165) is 5.69 Å². The SMILES string of the molecule is CCOC(=O)c1c(C)noc1-c1csc(Nc2ccc(Cl)cc2)n1. The Balaban J connectivity index is 1.86. The number of thiazole rings is 1. The van der Waals surface area contributed by atoms with Gasteiger partial charge in [0.1, 0.15) is 11.3 Å². The topological polar surface area (TPSA) is 77.2 Å². The van der Waals surface area contributed by atoms with Crippen LogP contribution in [0.4, 0.5) is 10.8 Å². The number of benzene rings is 1. The zero-order chi connectivity index (χ0) is 17.1. The summed E-state index contributed by atoms with van der Waals surface area (Å²) < 4.78 is 10.3. The van der Waals surface area contributed by atoms with Crippen molar-refractivity contribution in [3.63, 3.8) is 0 Å². The number of hydrogen-bond donors (Lipinski definition) is 1. The molecular formula is C16H14ClN3O3S. The minimum atomic E-state index is -0.466. The van der Waals surface area contributed by atoms with Gasteiger partial charge in [-0.1, -0.05) is 16.8 Å². The van der Waals surface area contributed by atoms with Gasteiger partial charge in [-0.2, -0.15) is 0 Å². The average molecular weight is 364 g/mol. The molecule has 2 heterocycles. The summed E-state index contributed by atoms with van der Waals surface area (Å²) in [6.07, 6.45) is 0. The molecule has 0 radical (unpaired) electrons. The van der Waals surface area contributed by atoms with Crippen LogP contribution in [0.3, 0.4) is 0 Å². The van der Waals surface area contributed by atoms with Crippen molar-refractivity contribution in [1.82, 2.24) is 10.1 Å². The van der Waals surface area contributed by atoms with E-state index in [1.165, 1.54) is 11.3 Å². The number of carbonyl (C=O) groups excluding carboxylic acids is 1. The van der Waals surface area contributed by atoms with E-state index in [0.29, 0.717) is 32.9 Å². The lowest BCUT2D eigenvalue weighted by Gasteiger charge is -2.02. The molecule has 0 fully saturated rings. The molecule has 1 N–H and O–H groups in total. The number of nitrogens with zero attached hydrogens (tertiary/aromatic N) is 2. The summed E-state index contributed by atoms with van der Waals surface area (Å²) in [7, 11) is 0. The first-order valence-corrected chi connectivity index (χ1v) is 8.46. The second-order valence-electron chi connectivity index (χ2n) is 4.86. The Morgan fingerprint density at radius 2 is 2.12 bits per heavy atom. The fourth-order valence-corrected chi connectivity index (χ4v) is 2.92. The lowest BCUT2D eigenvalue weighted by molar-refractivity contribution is 0.0526. The maximum absolute atomic E-state index is 12.1. The largest absolute Gasteiger partial charge is 0.462 e. The summed E-state index contributed by atoms with van der Waals surface area (Å²) in [5.41, 5.74) is 2.17. The summed E-state index contributed by atoms with van der Waals surface area (Å²) in [5, 5.41) is 10.1. The predicted octanol–water partition coefficient (Wildman–Crippen LogP) is 4.68. The van der Waals surface area contributed by atoms with Gasteiger partial charge < -0.3 is 14.6 Å². The molecule has 1 aromatic carbocycles. The van der Waals surface area contributed by atoms with Crippen molar-refractivity contribution < 1.29 is 14.1 Å². The zero-order valence-corrected chi connectivity index (χ0v) is 14.6. The van der Waals surface area contributed by atoms with E-state index in [-0.39, 0.29) is 6.61 Å². The third-order valence-corrected chi connectivity index (χ3v) is 4.18. The maximum Gasteiger partial charge on any atom is 0.344 e. The van der Waals surface area contributed by atoms with Crippen LogP contribution in [0, 0.1) is 6.92 Å². The highest BCUT2D eigenvalue weighted by Gasteiger charge is 2.24. The van der Waals surface area contributed by atoms with E-state index in [1.54, 1.807) is 31.4 Å². The molecule has 0 amide bonds. The average Bonchev–Trinajstić information content (AvgIpc) is 3.16. The summed E-state index contributed by atoms with van der Waals surface area (Å²) in [4.78, 5) is 16.5. The summed E-state index contributed by atoms with van der Waals surface area (Å²) >= 11 is 7.26. The van der Waals surface area contributed by atoms with E-state index in [2.05, 4.69) is 15.5 Å². The van der Waals surface area contributed by atoms with E-state index in [9.17, 15) is 4.79 Å². The van der Waals surface area contributed by atoms with Gasteiger partial charge >= 0.3 is 5.97 Å². The number of ether oxygens (including phenoxy) is 1. The van der Waals surface area contributed by atoms with Crippen LogP contribution in [0.1, 0.15) is 23.0 Å². The highest BCUT2D eigenvalue weighted by atomic mass is 35.5. The van der Waals surface area contributed by atoms with E-state index < -0.39 is 5.97 Å². The highest BCUT2D eigenvalue weighted by Crippen LogP contribution is 2.31. The molecule has 0 saturated heterocycles. The van der Waals surface area contributed by atoms with Crippen LogP contribution in [0.2, 0.25) is 5.02 Å². The molecule has 2 aromatic heterocycles. The van der Waals surface area contributed by atoms with E-state index in [4.69, 9.17) is 20.9 Å². The van der Waals surface area contributed by atoms with Crippen molar-refractivity contribution in [2.24, 2.45) is 0 Å². The van der Waals surface area contributed by atoms with Crippen LogP contribution in [0.25, 0.3) is 11.5 Å². The predicted molar refractivity (Wildman–Crippen MR) is 93.0 cm³/mol. The number of aromatic nitrogens is 2. The molecule has 24 heavy (non-hydrogen) atoms. The van der Waals surface area contributed by atoms with Crippen molar-refractivity contribution in [3.05, 3.63) is 45.9 Å². The maximum atomic E-state index is 12.1. The number of hydrogen-bond acceptors (Lipinski definition) is 7. The highest BCUT2D eigenvalue weighted by molar-refractivity contribution is 7.14. The molecule has 0 bridgehead atoms. The van der Waals surface area contributed by atoms with Gasteiger partial charge in [0.05, 0.1) is 12.3 Å². The summed E-state index contributed by atoms with van der Waals surface area (Å²) in [6.45, 7) is 3.72. The van der Waals surface area contributed by atoms with Crippen LogP contribution in [0.15, 0.2) is 34.2 Å². The minimum Gasteiger partial charge on any atom is -0.462 e. The molecule has 0 saturated carbocycles. The second-order valence-corrected chi connectivity index (χ2v) is 6.16. The molecule has 8 heteroatoms. The number of halogens is 1. The van der Waals surface area contributed by atoms with Gasteiger partial charge in [-0.15, -0.1) is 11.3 Å². The van der Waals surface area contributed by atoms with Gasteiger partial charge in [0.2, 0.25) is 5.76 Å². The van der Waals surface area contributed by atoms with E-state index >= 15 is 0 Å². The number of anilines is 2. The Labute approximate surface area is 147 Å². The molecule has 0 aliphatic rings. The first-order chi connectivity index (χ1) is 11.6. The zero-order valence-electron chi connectivity index (χ0n) is 13.0. The minimum absolute atomic E-state index is 0.281. The molecule has 124 valence electrons. The van der Waals surface area contributed by atoms with Crippen molar-refractivity contribution in [2.75, 3.05) is 11.9 Å². The van der Waals surface area contributed by atoms with Gasteiger partial charge in [-0.25, -0.2) is 9.78 Å². The molecule has 0 spiro atoms. The Hall–Kier alpha value is -2.38. The number of carbonyl (C=O) groups is 1.